The third-order valence-electron chi connectivity index (χ3n) is 1.34. The van der Waals surface area contributed by atoms with E-state index in [0.717, 1.165) is 0 Å². The van der Waals surface area contributed by atoms with Crippen LogP contribution >= 0.6 is 0 Å². The first-order chi connectivity index (χ1) is 4.70. The number of hydrogen-bond donors (Lipinski definition) is 1. The quantitative estimate of drug-likeness (QED) is 0.548. The highest BCUT2D eigenvalue weighted by Gasteiger charge is 2.06. The average Bonchev–Trinajstić information content (AvgIpc) is 1.88. The maximum Gasteiger partial charge on any atom is 0.0434 e. The van der Waals surface area contributed by atoms with Crippen LogP contribution in [0.4, 0.5) is 0 Å². The van der Waals surface area contributed by atoms with Crippen LogP contribution in [0.25, 0.3) is 0 Å². The van der Waals surface area contributed by atoms with E-state index >= 15 is 0 Å². The van der Waals surface area contributed by atoms with Crippen molar-refractivity contribution < 1.29 is 8.76 Å². The van der Waals surface area contributed by atoms with Crippen LogP contribution in [-0.2, 0) is 11.1 Å². The molecule has 4 heteroatoms. The molecule has 0 radical (unpaired) electrons. The molecule has 0 heterocycles. The Bertz CT molecular complexity index is 210. The van der Waals surface area contributed by atoms with Crippen molar-refractivity contribution in [3.05, 3.63) is 23.9 Å². The van der Waals surface area contributed by atoms with Crippen molar-refractivity contribution in [2.45, 2.75) is 11.7 Å². The summed E-state index contributed by atoms with van der Waals surface area (Å²) in [4.78, 5) is 0. The van der Waals surface area contributed by atoms with Gasteiger partial charge in [0.1, 0.15) is 0 Å². The van der Waals surface area contributed by atoms with E-state index in [0.29, 0.717) is 12.1 Å². The Labute approximate surface area is 61.9 Å². The molecule has 10 heavy (non-hydrogen) atoms. The summed E-state index contributed by atoms with van der Waals surface area (Å²) < 4.78 is 20.7. The first-order valence-corrected chi connectivity index (χ1v) is 4.06. The Morgan fingerprint density at radius 3 is 2.90 bits per heavy atom. The second-order valence-corrected chi connectivity index (χ2v) is 3.22. The van der Waals surface area contributed by atoms with Gasteiger partial charge in [-0.25, -0.2) is 0 Å². The van der Waals surface area contributed by atoms with E-state index in [2.05, 4.69) is 0 Å². The van der Waals surface area contributed by atoms with Crippen LogP contribution in [-0.4, -0.2) is 14.0 Å². The Kier molecular flexibility index (Phi) is 2.24. The zero-order chi connectivity index (χ0) is 7.56. The second-order valence-electron chi connectivity index (χ2n) is 2.10. The highest BCUT2D eigenvalue weighted by atomic mass is 32.2. The van der Waals surface area contributed by atoms with E-state index in [-0.39, 0.29) is 5.25 Å². The maximum absolute atomic E-state index is 10.3. The van der Waals surface area contributed by atoms with Gasteiger partial charge in [0.25, 0.3) is 0 Å². The molecule has 0 spiro atoms. The van der Waals surface area contributed by atoms with Crippen molar-refractivity contribution in [3.63, 3.8) is 0 Å². The zero-order valence-electron chi connectivity index (χ0n) is 5.32. The maximum atomic E-state index is 10.3. The molecule has 56 valence electrons. The minimum absolute atomic E-state index is 0.382. The molecular formula is C6H8NO2S-. The minimum atomic E-state index is -2.00. The molecule has 0 saturated heterocycles. The predicted molar refractivity (Wildman–Crippen MR) is 38.7 cm³/mol. The van der Waals surface area contributed by atoms with Crippen molar-refractivity contribution in [1.29, 1.82) is 0 Å². The molecule has 0 bridgehead atoms. The fourth-order valence-electron chi connectivity index (χ4n) is 0.760. The molecule has 2 unspecified atom stereocenters. The van der Waals surface area contributed by atoms with E-state index in [1.165, 1.54) is 0 Å². The van der Waals surface area contributed by atoms with Gasteiger partial charge in [-0.05, 0) is 23.6 Å². The van der Waals surface area contributed by atoms with Crippen molar-refractivity contribution in [1.82, 2.24) is 0 Å². The van der Waals surface area contributed by atoms with Crippen LogP contribution < -0.4 is 5.73 Å². The Hall–Kier alpha value is -0.610. The summed E-state index contributed by atoms with van der Waals surface area (Å²) in [7, 11) is 0. The average molecular weight is 158 g/mol. The molecule has 1 aliphatic carbocycles. The normalized spacial score (nSPS) is 27.7. The van der Waals surface area contributed by atoms with Gasteiger partial charge in [-0.2, -0.15) is 0 Å². The summed E-state index contributed by atoms with van der Waals surface area (Å²) in [6.07, 6.45) is 5.42. The molecule has 0 aromatic heterocycles. The van der Waals surface area contributed by atoms with Crippen LogP contribution in [0.3, 0.4) is 0 Å². The zero-order valence-corrected chi connectivity index (χ0v) is 6.14. The smallest absolute Gasteiger partial charge is 0.0434 e. The van der Waals surface area contributed by atoms with Gasteiger partial charge in [0, 0.05) is 10.9 Å². The standard InChI is InChI=1S/C6H9NO2S/c7-5-1-3-6(4-2-5)10(8)9/h1-3,6H,4,7H2,(H,8,9)/p-1. The molecule has 1 rings (SSSR count). The molecular weight excluding hydrogens is 150 g/mol. The lowest BCUT2D eigenvalue weighted by atomic mass is 10.1. The SMILES string of the molecule is NC1=CCC(S(=O)[O-])C=C1. The molecule has 0 aliphatic heterocycles. The van der Waals surface area contributed by atoms with Gasteiger partial charge in [-0.1, -0.05) is 12.2 Å². The van der Waals surface area contributed by atoms with Crippen LogP contribution in [0.5, 0.6) is 0 Å². The second kappa shape index (κ2) is 2.98. The molecule has 0 fully saturated rings. The molecule has 1 aliphatic rings. The summed E-state index contributed by atoms with van der Waals surface area (Å²) >= 11 is -2.00. The van der Waals surface area contributed by atoms with Gasteiger partial charge < -0.3 is 10.3 Å². The minimum Gasteiger partial charge on any atom is -0.772 e. The van der Waals surface area contributed by atoms with Gasteiger partial charge in [0.15, 0.2) is 0 Å². The van der Waals surface area contributed by atoms with Gasteiger partial charge in [0.05, 0.1) is 0 Å². The number of hydrogen-bond acceptors (Lipinski definition) is 3. The molecule has 0 aromatic rings. The monoisotopic (exact) mass is 158 g/mol. The van der Waals surface area contributed by atoms with Crippen LogP contribution in [0.1, 0.15) is 6.42 Å². The number of rotatable bonds is 1. The first kappa shape index (κ1) is 7.50. The lowest BCUT2D eigenvalue weighted by Crippen LogP contribution is -2.14. The highest BCUT2D eigenvalue weighted by Crippen LogP contribution is 2.10. The van der Waals surface area contributed by atoms with Crippen molar-refractivity contribution in [3.8, 4) is 0 Å². The Morgan fingerprint density at radius 1 is 1.80 bits per heavy atom. The predicted octanol–water partition coefficient (Wildman–Crippen LogP) is 0.0366. The topological polar surface area (TPSA) is 66.2 Å². The highest BCUT2D eigenvalue weighted by molar-refractivity contribution is 7.80. The summed E-state index contributed by atoms with van der Waals surface area (Å²) in [6, 6.07) is 0. The summed E-state index contributed by atoms with van der Waals surface area (Å²) in [5.41, 5.74) is 6.01. The van der Waals surface area contributed by atoms with E-state index < -0.39 is 11.1 Å². The Balaban J connectivity index is 2.60. The third kappa shape index (κ3) is 1.68. The van der Waals surface area contributed by atoms with Gasteiger partial charge in [-0.15, -0.1) is 0 Å². The van der Waals surface area contributed by atoms with E-state index in [1.54, 1.807) is 18.2 Å². The van der Waals surface area contributed by atoms with Crippen LogP contribution in [0, 0.1) is 0 Å². The summed E-state index contributed by atoms with van der Waals surface area (Å²) in [5, 5.41) is -0.382. The third-order valence-corrected chi connectivity index (χ3v) is 2.18. The fourth-order valence-corrected chi connectivity index (χ4v) is 1.22. The van der Waals surface area contributed by atoms with Gasteiger partial charge in [-0.3, -0.25) is 4.21 Å². The lowest BCUT2D eigenvalue weighted by molar-refractivity contribution is 0.529. The molecule has 0 saturated carbocycles. The van der Waals surface area contributed by atoms with E-state index in [4.69, 9.17) is 5.73 Å². The molecule has 2 atom stereocenters. The molecule has 0 amide bonds. The van der Waals surface area contributed by atoms with Crippen molar-refractivity contribution in [2.75, 3.05) is 0 Å². The summed E-state index contributed by atoms with van der Waals surface area (Å²) in [5.74, 6) is 0. The van der Waals surface area contributed by atoms with Crippen LogP contribution in [0.15, 0.2) is 23.9 Å². The number of nitrogens with two attached hydrogens (primary N) is 1. The van der Waals surface area contributed by atoms with Crippen LogP contribution in [0.2, 0.25) is 0 Å². The summed E-state index contributed by atoms with van der Waals surface area (Å²) in [6.45, 7) is 0. The first-order valence-electron chi connectivity index (χ1n) is 2.92. The fraction of sp³-hybridized carbons (Fsp3) is 0.333. The lowest BCUT2D eigenvalue weighted by Gasteiger charge is -2.16. The van der Waals surface area contributed by atoms with Crippen molar-refractivity contribution in [2.24, 2.45) is 5.73 Å². The molecule has 3 nitrogen and oxygen atoms in total. The largest absolute Gasteiger partial charge is 0.772 e. The molecule has 0 aromatic carbocycles. The van der Waals surface area contributed by atoms with Gasteiger partial charge >= 0.3 is 0 Å². The Morgan fingerprint density at radius 2 is 2.50 bits per heavy atom. The molecule has 2 N–H and O–H groups in total. The van der Waals surface area contributed by atoms with Gasteiger partial charge in [0.2, 0.25) is 0 Å². The van der Waals surface area contributed by atoms with Crippen molar-refractivity contribution >= 4 is 11.1 Å². The number of allylic oxidation sites excluding steroid dienone is 2. The van der Waals surface area contributed by atoms with E-state index in [1.807, 2.05) is 0 Å². The van der Waals surface area contributed by atoms with E-state index in [9.17, 15) is 8.76 Å².